The van der Waals surface area contributed by atoms with Crippen molar-refractivity contribution >= 4 is 27.2 Å². The molecule has 1 fully saturated rings. The first-order chi connectivity index (χ1) is 13.2. The third-order valence-corrected chi connectivity index (χ3v) is 6.58. The Kier molecular flexibility index (Phi) is 4.02. The molecule has 5 nitrogen and oxygen atoms in total. The van der Waals surface area contributed by atoms with Gasteiger partial charge in [0.15, 0.2) is 5.01 Å². The van der Waals surface area contributed by atoms with Gasteiger partial charge in [0.25, 0.3) is 5.56 Å². The molecular weight excluding hydrogens is 356 g/mol. The van der Waals surface area contributed by atoms with Gasteiger partial charge >= 0.3 is 0 Å². The van der Waals surface area contributed by atoms with E-state index in [0.29, 0.717) is 6.04 Å². The summed E-state index contributed by atoms with van der Waals surface area (Å²) in [6.45, 7) is 3.79. The smallest absolute Gasteiger partial charge is 0.258 e. The predicted molar refractivity (Wildman–Crippen MR) is 107 cm³/mol. The number of nitrogens with zero attached hydrogens (tertiary/aromatic N) is 3. The maximum atomic E-state index is 12.6. The number of aromatic nitrogens is 3. The highest BCUT2D eigenvalue weighted by molar-refractivity contribution is 7.18. The molecule has 1 saturated heterocycles. The second-order valence-corrected chi connectivity index (χ2v) is 8.31. The molecule has 0 radical (unpaired) electrons. The van der Waals surface area contributed by atoms with Crippen LogP contribution in [0.4, 0.5) is 0 Å². The summed E-state index contributed by atoms with van der Waals surface area (Å²) in [5, 5.41) is 1.21. The molecule has 1 aliphatic rings. The van der Waals surface area contributed by atoms with E-state index < -0.39 is 0 Å². The molecule has 2 atom stereocenters. The summed E-state index contributed by atoms with van der Waals surface area (Å²) in [6.07, 6.45) is 2.32. The van der Waals surface area contributed by atoms with E-state index >= 15 is 0 Å². The molecule has 3 aromatic heterocycles. The Balaban J connectivity index is 1.47. The van der Waals surface area contributed by atoms with E-state index in [0.717, 1.165) is 42.1 Å². The zero-order chi connectivity index (χ0) is 18.4. The van der Waals surface area contributed by atoms with Crippen molar-refractivity contribution in [3.05, 3.63) is 75.3 Å². The van der Waals surface area contributed by atoms with Gasteiger partial charge in [-0.25, -0.2) is 9.97 Å². The maximum Gasteiger partial charge on any atom is 0.258 e. The number of aryl methyl sites for hydroxylation is 1. The van der Waals surface area contributed by atoms with Crippen LogP contribution in [0.1, 0.15) is 35.3 Å². The number of benzene rings is 1. The topological polar surface area (TPSA) is 51.7 Å². The molecule has 1 aromatic carbocycles. The number of thiazole rings is 1. The van der Waals surface area contributed by atoms with Crippen molar-refractivity contribution in [1.29, 1.82) is 0 Å². The lowest BCUT2D eigenvalue weighted by atomic mass is 10.2. The van der Waals surface area contributed by atoms with E-state index in [4.69, 9.17) is 9.97 Å². The van der Waals surface area contributed by atoms with Crippen molar-refractivity contribution in [2.24, 2.45) is 0 Å². The molecule has 0 amide bonds. The summed E-state index contributed by atoms with van der Waals surface area (Å²) >= 11 is 1.80. The quantitative estimate of drug-likeness (QED) is 0.597. The molecule has 136 valence electrons. The molecule has 5 rings (SSSR count). The molecule has 0 bridgehead atoms. The van der Waals surface area contributed by atoms with E-state index in [9.17, 15) is 4.79 Å². The summed E-state index contributed by atoms with van der Waals surface area (Å²) < 4.78 is 2.92. The van der Waals surface area contributed by atoms with E-state index in [2.05, 4.69) is 18.2 Å². The largest absolute Gasteiger partial charge is 0.322 e. The summed E-state index contributed by atoms with van der Waals surface area (Å²) in [5.41, 5.74) is 3.60. The second kappa shape index (κ2) is 6.55. The van der Waals surface area contributed by atoms with Crippen LogP contribution in [-0.2, 0) is 6.54 Å². The highest BCUT2D eigenvalue weighted by Gasteiger charge is 2.33. The SMILES string of the molecule is Cc1cccc2nc(C[NH+]3CCC[C@H]3c3nc4ccccc4s3)cc(=O)n12. The third-order valence-electron chi connectivity index (χ3n) is 5.43. The summed E-state index contributed by atoms with van der Waals surface area (Å²) in [5.74, 6) is 0. The van der Waals surface area contributed by atoms with Crippen molar-refractivity contribution in [3.63, 3.8) is 0 Å². The predicted octanol–water partition coefficient (Wildman–Crippen LogP) is 2.53. The standard InChI is InChI=1S/C21H20N4OS/c1-14-6-4-10-19-22-15(12-20(26)25(14)19)13-24-11-5-8-17(24)21-23-16-7-2-3-9-18(16)27-21/h2-4,6-7,9-10,12,17H,5,8,11,13H2,1H3/p+1/t17-/m0/s1. The minimum atomic E-state index is 0.00299. The van der Waals surface area contributed by atoms with Gasteiger partial charge in [0.1, 0.15) is 23.9 Å². The first-order valence-corrected chi connectivity index (χ1v) is 10.2. The number of pyridine rings is 1. The zero-order valence-corrected chi connectivity index (χ0v) is 16.0. The average molecular weight is 377 g/mol. The Morgan fingerprint density at radius 2 is 2.07 bits per heavy atom. The Labute approximate surface area is 160 Å². The van der Waals surface area contributed by atoms with E-state index in [1.165, 1.54) is 21.0 Å². The number of likely N-dealkylation sites (tertiary alicyclic amines) is 1. The fraction of sp³-hybridized carbons (Fsp3) is 0.286. The monoisotopic (exact) mass is 377 g/mol. The molecule has 0 saturated carbocycles. The van der Waals surface area contributed by atoms with Gasteiger partial charge < -0.3 is 4.90 Å². The van der Waals surface area contributed by atoms with Crippen molar-refractivity contribution in [3.8, 4) is 0 Å². The molecule has 1 aliphatic heterocycles. The number of para-hydroxylation sites is 1. The first-order valence-electron chi connectivity index (χ1n) is 9.37. The molecular formula is C21H21N4OS+. The van der Waals surface area contributed by atoms with Gasteiger partial charge in [-0.05, 0) is 31.2 Å². The maximum absolute atomic E-state index is 12.6. The Bertz CT molecular complexity index is 1160. The van der Waals surface area contributed by atoms with Crippen LogP contribution in [0.2, 0.25) is 0 Å². The molecule has 1 N–H and O–H groups in total. The third kappa shape index (κ3) is 2.95. The minimum absolute atomic E-state index is 0.00299. The number of rotatable bonds is 3. The van der Waals surface area contributed by atoms with Gasteiger partial charge in [0.2, 0.25) is 0 Å². The van der Waals surface area contributed by atoms with Crippen LogP contribution < -0.4 is 10.5 Å². The number of nitrogens with one attached hydrogen (secondary N) is 1. The summed E-state index contributed by atoms with van der Waals surface area (Å²) in [6, 6.07) is 16.2. The number of hydrogen-bond donors (Lipinski definition) is 1. The van der Waals surface area contributed by atoms with Crippen molar-refractivity contribution in [1.82, 2.24) is 14.4 Å². The summed E-state index contributed by atoms with van der Waals surface area (Å²) in [4.78, 5) is 23.7. The number of fused-ring (bicyclic) bond motifs is 2. The van der Waals surface area contributed by atoms with E-state index in [1.807, 2.05) is 31.2 Å². The average Bonchev–Trinajstić information content (AvgIpc) is 3.27. The van der Waals surface area contributed by atoms with Gasteiger partial charge in [-0.15, -0.1) is 11.3 Å². The molecule has 6 heteroatoms. The van der Waals surface area contributed by atoms with Gasteiger partial charge in [-0.1, -0.05) is 18.2 Å². The second-order valence-electron chi connectivity index (χ2n) is 7.25. The van der Waals surface area contributed by atoms with Crippen LogP contribution in [0.5, 0.6) is 0 Å². The molecule has 4 heterocycles. The van der Waals surface area contributed by atoms with Crippen molar-refractivity contribution in [2.45, 2.75) is 32.4 Å². The molecule has 4 aromatic rings. The van der Waals surface area contributed by atoms with Crippen LogP contribution in [0.3, 0.4) is 0 Å². The fourth-order valence-electron chi connectivity index (χ4n) is 4.15. The summed E-state index contributed by atoms with van der Waals surface area (Å²) in [7, 11) is 0. The van der Waals surface area contributed by atoms with Crippen LogP contribution in [0.15, 0.2) is 53.3 Å². The molecule has 0 aliphatic carbocycles. The molecule has 1 unspecified atom stereocenters. The van der Waals surface area contributed by atoms with Gasteiger partial charge in [0, 0.05) is 24.6 Å². The van der Waals surface area contributed by atoms with E-state index in [-0.39, 0.29) is 5.56 Å². The highest BCUT2D eigenvalue weighted by Crippen LogP contribution is 2.28. The minimum Gasteiger partial charge on any atom is -0.322 e. The van der Waals surface area contributed by atoms with Crippen LogP contribution in [0.25, 0.3) is 15.9 Å². The first kappa shape index (κ1) is 16.6. The van der Waals surface area contributed by atoms with Crippen LogP contribution in [-0.4, -0.2) is 20.9 Å². The fourth-order valence-corrected chi connectivity index (χ4v) is 5.31. The van der Waals surface area contributed by atoms with Gasteiger partial charge in [-0.3, -0.25) is 9.20 Å². The van der Waals surface area contributed by atoms with Crippen LogP contribution in [0, 0.1) is 6.92 Å². The Hall–Kier alpha value is -2.57. The highest BCUT2D eigenvalue weighted by atomic mass is 32.1. The zero-order valence-electron chi connectivity index (χ0n) is 15.2. The lowest BCUT2D eigenvalue weighted by molar-refractivity contribution is -0.932. The lowest BCUT2D eigenvalue weighted by Crippen LogP contribution is -3.09. The van der Waals surface area contributed by atoms with Crippen molar-refractivity contribution < 1.29 is 4.90 Å². The number of hydrogen-bond acceptors (Lipinski definition) is 4. The lowest BCUT2D eigenvalue weighted by Gasteiger charge is -2.19. The Morgan fingerprint density at radius 3 is 2.96 bits per heavy atom. The number of quaternary nitrogens is 1. The Morgan fingerprint density at radius 1 is 1.19 bits per heavy atom. The molecule has 27 heavy (non-hydrogen) atoms. The molecule has 0 spiro atoms. The van der Waals surface area contributed by atoms with Gasteiger partial charge in [0.05, 0.1) is 16.8 Å². The van der Waals surface area contributed by atoms with Gasteiger partial charge in [-0.2, -0.15) is 0 Å². The van der Waals surface area contributed by atoms with E-state index in [1.54, 1.807) is 21.8 Å². The van der Waals surface area contributed by atoms with Crippen LogP contribution >= 0.6 is 11.3 Å². The van der Waals surface area contributed by atoms with Crippen molar-refractivity contribution in [2.75, 3.05) is 6.54 Å². The normalized spacial score (nSPS) is 19.9.